The van der Waals surface area contributed by atoms with Gasteiger partial charge in [0.2, 0.25) is 0 Å². The fourth-order valence-electron chi connectivity index (χ4n) is 4.20. The summed E-state index contributed by atoms with van der Waals surface area (Å²) in [6.07, 6.45) is 7.09. The smallest absolute Gasteiger partial charge is 0.0489 e. The van der Waals surface area contributed by atoms with Crippen LogP contribution in [-0.4, -0.2) is 16.1 Å². The lowest BCUT2D eigenvalue weighted by Gasteiger charge is -2.17. The molecule has 3 heterocycles. The number of hydrogen-bond acceptors (Lipinski definition) is 2. The first-order valence-corrected chi connectivity index (χ1v) is 9.54. The highest BCUT2D eigenvalue weighted by molar-refractivity contribution is 5.90. The van der Waals surface area contributed by atoms with E-state index in [2.05, 4.69) is 52.6 Å². The molecule has 26 heavy (non-hydrogen) atoms. The topological polar surface area (TPSA) is 29.9 Å². The van der Waals surface area contributed by atoms with Crippen molar-refractivity contribution in [3.63, 3.8) is 0 Å². The molecule has 1 aromatic carbocycles. The van der Waals surface area contributed by atoms with Crippen LogP contribution >= 0.6 is 0 Å². The summed E-state index contributed by atoms with van der Waals surface area (Å²) in [6, 6.07) is 8.89. The summed E-state index contributed by atoms with van der Waals surface area (Å²) >= 11 is 0. The monoisotopic (exact) mass is 345 g/mol. The fraction of sp³-hybridized carbons (Fsp3) is 0.348. The molecule has 2 aromatic heterocycles. The molecule has 0 spiro atoms. The third-order valence-electron chi connectivity index (χ3n) is 5.58. The molecule has 1 aliphatic rings. The van der Waals surface area contributed by atoms with Gasteiger partial charge in [-0.3, -0.25) is 4.98 Å². The molecular formula is C23H27N3. The van der Waals surface area contributed by atoms with Crippen molar-refractivity contribution < 1.29 is 0 Å². The van der Waals surface area contributed by atoms with Crippen LogP contribution in [0.5, 0.6) is 0 Å². The van der Waals surface area contributed by atoms with Crippen molar-refractivity contribution in [3.05, 3.63) is 76.8 Å². The molecule has 0 radical (unpaired) electrons. The Labute approximate surface area is 155 Å². The molecule has 0 unspecified atom stereocenters. The number of aromatic nitrogens is 2. The summed E-state index contributed by atoms with van der Waals surface area (Å²) in [5.74, 6) is 0. The van der Waals surface area contributed by atoms with Crippen LogP contribution in [0.15, 0.2) is 43.1 Å². The molecule has 0 bridgehead atoms. The van der Waals surface area contributed by atoms with Gasteiger partial charge in [0, 0.05) is 54.5 Å². The summed E-state index contributed by atoms with van der Waals surface area (Å²) in [5.41, 5.74) is 9.57. The van der Waals surface area contributed by atoms with E-state index in [9.17, 15) is 0 Å². The third kappa shape index (κ3) is 2.97. The van der Waals surface area contributed by atoms with Gasteiger partial charge >= 0.3 is 0 Å². The molecular weight excluding hydrogens is 318 g/mol. The quantitative estimate of drug-likeness (QED) is 0.700. The first-order chi connectivity index (χ1) is 12.7. The van der Waals surface area contributed by atoms with Crippen molar-refractivity contribution in [2.75, 3.05) is 6.54 Å². The zero-order valence-electron chi connectivity index (χ0n) is 15.8. The van der Waals surface area contributed by atoms with Crippen LogP contribution in [-0.2, 0) is 32.4 Å². The number of rotatable bonds is 5. The normalized spacial score (nSPS) is 13.8. The molecule has 0 saturated carbocycles. The SMILES string of the molecule is C=CCc1c(C)ccc2c1c1c(n2CCc2ccc(C)nc2)CCNC1. The van der Waals surface area contributed by atoms with Crippen molar-refractivity contribution in [1.29, 1.82) is 0 Å². The van der Waals surface area contributed by atoms with Gasteiger partial charge in [-0.15, -0.1) is 6.58 Å². The molecule has 0 fully saturated rings. The maximum Gasteiger partial charge on any atom is 0.0489 e. The maximum absolute atomic E-state index is 4.45. The van der Waals surface area contributed by atoms with E-state index < -0.39 is 0 Å². The average molecular weight is 345 g/mol. The lowest BCUT2D eigenvalue weighted by molar-refractivity contribution is 0.594. The average Bonchev–Trinajstić information content (AvgIpc) is 2.98. The van der Waals surface area contributed by atoms with E-state index in [0.717, 1.165) is 44.6 Å². The largest absolute Gasteiger partial charge is 0.344 e. The van der Waals surface area contributed by atoms with Crippen LogP contribution in [0.2, 0.25) is 0 Å². The van der Waals surface area contributed by atoms with Crippen molar-refractivity contribution in [3.8, 4) is 0 Å². The number of allylic oxidation sites excluding steroid dienone is 1. The molecule has 0 aliphatic carbocycles. The van der Waals surface area contributed by atoms with Gasteiger partial charge in [0.1, 0.15) is 0 Å². The Morgan fingerprint density at radius 3 is 2.88 bits per heavy atom. The van der Waals surface area contributed by atoms with E-state index in [1.807, 2.05) is 19.2 Å². The van der Waals surface area contributed by atoms with Crippen molar-refractivity contribution >= 4 is 10.9 Å². The Hall–Kier alpha value is -2.39. The lowest BCUT2D eigenvalue weighted by Crippen LogP contribution is -2.25. The highest BCUT2D eigenvalue weighted by Crippen LogP contribution is 2.33. The van der Waals surface area contributed by atoms with Gasteiger partial charge in [-0.25, -0.2) is 0 Å². The summed E-state index contributed by atoms with van der Waals surface area (Å²) in [6.45, 7) is 11.3. The molecule has 0 saturated heterocycles. The van der Waals surface area contributed by atoms with Gasteiger partial charge in [0.25, 0.3) is 0 Å². The highest BCUT2D eigenvalue weighted by atomic mass is 15.0. The van der Waals surface area contributed by atoms with E-state index in [1.165, 1.54) is 38.9 Å². The first-order valence-electron chi connectivity index (χ1n) is 9.54. The first kappa shape index (κ1) is 17.0. The summed E-state index contributed by atoms with van der Waals surface area (Å²) < 4.78 is 2.55. The second-order valence-electron chi connectivity index (χ2n) is 7.31. The number of hydrogen-bond donors (Lipinski definition) is 1. The molecule has 3 heteroatoms. The van der Waals surface area contributed by atoms with Crippen LogP contribution in [0.4, 0.5) is 0 Å². The minimum Gasteiger partial charge on any atom is -0.344 e. The number of pyridine rings is 1. The van der Waals surface area contributed by atoms with Crippen LogP contribution in [0.1, 0.15) is 33.6 Å². The molecule has 4 rings (SSSR count). The Morgan fingerprint density at radius 2 is 2.12 bits per heavy atom. The molecule has 134 valence electrons. The molecule has 3 nitrogen and oxygen atoms in total. The van der Waals surface area contributed by atoms with Crippen LogP contribution in [0, 0.1) is 13.8 Å². The summed E-state index contributed by atoms with van der Waals surface area (Å²) in [5, 5.41) is 5.02. The minimum absolute atomic E-state index is 0.932. The standard InChI is InChI=1S/C23H27N3/c1-4-5-19-16(2)6-9-22-23(19)20-15-24-12-10-21(20)26(22)13-11-18-8-7-17(3)25-14-18/h4,6-9,14,24H,1,5,10-13,15H2,2-3H3. The highest BCUT2D eigenvalue weighted by Gasteiger charge is 2.22. The Kier molecular flexibility index (Phi) is 4.64. The van der Waals surface area contributed by atoms with E-state index in [-0.39, 0.29) is 0 Å². The van der Waals surface area contributed by atoms with E-state index >= 15 is 0 Å². The molecule has 1 N–H and O–H groups in total. The van der Waals surface area contributed by atoms with Gasteiger partial charge in [-0.05, 0) is 61.1 Å². The van der Waals surface area contributed by atoms with E-state index in [1.54, 1.807) is 0 Å². The van der Waals surface area contributed by atoms with Crippen molar-refractivity contribution in [1.82, 2.24) is 14.9 Å². The number of nitrogens with one attached hydrogen (secondary N) is 1. The van der Waals surface area contributed by atoms with Crippen LogP contribution in [0.3, 0.4) is 0 Å². The Bertz CT molecular complexity index is 948. The van der Waals surface area contributed by atoms with Gasteiger partial charge in [0.05, 0.1) is 0 Å². The van der Waals surface area contributed by atoms with Gasteiger partial charge in [-0.1, -0.05) is 18.2 Å². The number of benzene rings is 1. The minimum atomic E-state index is 0.932. The Balaban J connectivity index is 1.79. The van der Waals surface area contributed by atoms with E-state index in [4.69, 9.17) is 0 Å². The van der Waals surface area contributed by atoms with Gasteiger partial charge < -0.3 is 9.88 Å². The summed E-state index contributed by atoms with van der Waals surface area (Å²) in [4.78, 5) is 4.45. The Morgan fingerprint density at radius 1 is 1.23 bits per heavy atom. The van der Waals surface area contributed by atoms with Gasteiger partial charge in [-0.2, -0.15) is 0 Å². The van der Waals surface area contributed by atoms with Crippen molar-refractivity contribution in [2.45, 2.75) is 46.2 Å². The van der Waals surface area contributed by atoms with Crippen molar-refractivity contribution in [2.24, 2.45) is 0 Å². The number of nitrogens with zero attached hydrogens (tertiary/aromatic N) is 2. The lowest BCUT2D eigenvalue weighted by atomic mass is 9.96. The second-order valence-corrected chi connectivity index (χ2v) is 7.31. The molecule has 0 atom stereocenters. The number of aryl methyl sites for hydroxylation is 4. The van der Waals surface area contributed by atoms with E-state index in [0.29, 0.717) is 0 Å². The maximum atomic E-state index is 4.45. The van der Waals surface area contributed by atoms with Gasteiger partial charge in [0.15, 0.2) is 0 Å². The molecule has 1 aliphatic heterocycles. The summed E-state index contributed by atoms with van der Waals surface area (Å²) in [7, 11) is 0. The predicted octanol–water partition coefficient (Wildman–Crippen LogP) is 4.27. The fourth-order valence-corrected chi connectivity index (χ4v) is 4.20. The predicted molar refractivity (Wildman–Crippen MR) is 109 cm³/mol. The zero-order valence-corrected chi connectivity index (χ0v) is 15.8. The van der Waals surface area contributed by atoms with Crippen LogP contribution < -0.4 is 5.32 Å². The third-order valence-corrected chi connectivity index (χ3v) is 5.58. The van der Waals surface area contributed by atoms with Crippen LogP contribution in [0.25, 0.3) is 10.9 Å². The zero-order chi connectivity index (χ0) is 18.1. The second kappa shape index (κ2) is 7.08. The molecule has 0 amide bonds. The number of fused-ring (bicyclic) bond motifs is 3. The molecule has 3 aromatic rings.